The predicted molar refractivity (Wildman–Crippen MR) is 76.0 cm³/mol. The highest BCUT2D eigenvalue weighted by atomic mass is 32.2. The number of H-pyrrole nitrogens is 1. The number of nitrogens with zero attached hydrogens (tertiary/aromatic N) is 2. The zero-order chi connectivity index (χ0) is 15.5. The van der Waals surface area contributed by atoms with Crippen LogP contribution in [0.2, 0.25) is 0 Å². The second kappa shape index (κ2) is 6.37. The van der Waals surface area contributed by atoms with E-state index in [4.69, 9.17) is 4.42 Å². The molecule has 21 heavy (non-hydrogen) atoms. The average Bonchev–Trinajstić information content (AvgIpc) is 3.00. The number of oxazole rings is 1. The van der Waals surface area contributed by atoms with Crippen LogP contribution in [0.25, 0.3) is 0 Å². The average molecular weight is 313 g/mol. The van der Waals surface area contributed by atoms with E-state index in [-0.39, 0.29) is 11.4 Å². The molecule has 3 N–H and O–H groups in total. The van der Waals surface area contributed by atoms with Gasteiger partial charge in [0.05, 0.1) is 24.1 Å². The van der Waals surface area contributed by atoms with Crippen molar-refractivity contribution in [2.24, 2.45) is 0 Å². The van der Waals surface area contributed by atoms with Gasteiger partial charge in [-0.25, -0.2) is 18.1 Å². The van der Waals surface area contributed by atoms with Crippen LogP contribution < -0.4 is 10.0 Å². The molecule has 2 heterocycles. The van der Waals surface area contributed by atoms with E-state index in [2.05, 4.69) is 25.2 Å². The molecule has 0 amide bonds. The first-order valence-electron chi connectivity index (χ1n) is 6.59. The van der Waals surface area contributed by atoms with Gasteiger partial charge in [-0.3, -0.25) is 5.10 Å². The van der Waals surface area contributed by atoms with Gasteiger partial charge < -0.3 is 9.73 Å². The Hall–Kier alpha value is -1.71. The summed E-state index contributed by atoms with van der Waals surface area (Å²) in [6.07, 6.45) is 1.54. The maximum atomic E-state index is 12.4. The van der Waals surface area contributed by atoms with E-state index < -0.39 is 10.0 Å². The smallest absolute Gasteiger partial charge is 0.244 e. The summed E-state index contributed by atoms with van der Waals surface area (Å²) in [5, 5.41) is 9.80. The van der Waals surface area contributed by atoms with Crippen LogP contribution in [0.1, 0.15) is 30.0 Å². The Morgan fingerprint density at radius 2 is 2.10 bits per heavy atom. The number of hydrogen-bond acceptors (Lipinski definition) is 6. The maximum absolute atomic E-state index is 12.4. The van der Waals surface area contributed by atoms with Gasteiger partial charge in [-0.15, -0.1) is 0 Å². The Balaban J connectivity index is 2.17. The minimum Gasteiger partial charge on any atom is -0.445 e. The normalized spacial score (nSPS) is 12.0. The molecule has 0 bridgehead atoms. The molecule has 0 aliphatic heterocycles. The molecule has 0 unspecified atom stereocenters. The van der Waals surface area contributed by atoms with E-state index in [9.17, 15) is 8.42 Å². The monoisotopic (exact) mass is 313 g/mol. The second-order valence-corrected chi connectivity index (χ2v) is 6.30. The third-order valence-corrected chi connectivity index (χ3v) is 4.46. The predicted octanol–water partition coefficient (Wildman–Crippen LogP) is 0.603. The quantitative estimate of drug-likeness (QED) is 0.690. The Morgan fingerprint density at radius 1 is 1.33 bits per heavy atom. The lowest BCUT2D eigenvalue weighted by Gasteiger charge is -2.07. The van der Waals surface area contributed by atoms with Crippen molar-refractivity contribution in [2.45, 2.75) is 38.8 Å². The minimum atomic E-state index is -3.68. The van der Waals surface area contributed by atoms with Gasteiger partial charge in [-0.2, -0.15) is 5.10 Å². The molecule has 116 valence electrons. The number of aryl methyl sites for hydroxylation is 2. The van der Waals surface area contributed by atoms with Crippen LogP contribution in [0.4, 0.5) is 0 Å². The summed E-state index contributed by atoms with van der Waals surface area (Å²) in [5.74, 6) is 0.960. The summed E-state index contributed by atoms with van der Waals surface area (Å²) < 4.78 is 32.5. The van der Waals surface area contributed by atoms with Crippen molar-refractivity contribution < 1.29 is 12.8 Å². The summed E-state index contributed by atoms with van der Waals surface area (Å²) >= 11 is 0. The minimum absolute atomic E-state index is 0.00143. The lowest BCUT2D eigenvalue weighted by atomic mass is 10.3. The first-order chi connectivity index (χ1) is 9.94. The van der Waals surface area contributed by atoms with Crippen LogP contribution in [-0.4, -0.2) is 30.1 Å². The van der Waals surface area contributed by atoms with Crippen LogP contribution in [0.3, 0.4) is 0 Å². The van der Waals surface area contributed by atoms with E-state index in [1.165, 1.54) is 0 Å². The van der Waals surface area contributed by atoms with Crippen molar-refractivity contribution in [2.75, 3.05) is 6.54 Å². The molecule has 2 rings (SSSR count). The summed E-state index contributed by atoms with van der Waals surface area (Å²) in [4.78, 5) is 4.14. The molecule has 0 saturated carbocycles. The molecule has 0 aliphatic rings. The Morgan fingerprint density at radius 3 is 2.71 bits per heavy atom. The van der Waals surface area contributed by atoms with Crippen LogP contribution in [0.15, 0.2) is 15.5 Å². The van der Waals surface area contributed by atoms with Gasteiger partial charge in [0.1, 0.15) is 10.7 Å². The fourth-order valence-corrected chi connectivity index (χ4v) is 3.24. The topological polar surface area (TPSA) is 113 Å². The highest BCUT2D eigenvalue weighted by Gasteiger charge is 2.24. The van der Waals surface area contributed by atoms with Crippen molar-refractivity contribution in [3.05, 3.63) is 29.2 Å². The molecule has 0 aromatic carbocycles. The van der Waals surface area contributed by atoms with Crippen molar-refractivity contribution in [3.63, 3.8) is 0 Å². The third kappa shape index (κ3) is 3.69. The third-order valence-electron chi connectivity index (χ3n) is 2.85. The Kier molecular flexibility index (Phi) is 4.76. The second-order valence-electron chi connectivity index (χ2n) is 4.59. The highest BCUT2D eigenvalue weighted by molar-refractivity contribution is 7.89. The van der Waals surface area contributed by atoms with Gasteiger partial charge in [0, 0.05) is 6.54 Å². The van der Waals surface area contributed by atoms with Crippen molar-refractivity contribution in [3.8, 4) is 0 Å². The molecule has 9 heteroatoms. The standard InChI is InChI=1S/C12H19N5O3S/c1-4-13-6-10-12(9(3)16-17-10)21(18,19)15-7-11-14-5-8(2)20-11/h5,13,15H,4,6-7H2,1-3H3,(H,16,17). The van der Waals surface area contributed by atoms with Crippen LogP contribution in [0.5, 0.6) is 0 Å². The molecule has 2 aromatic heterocycles. The van der Waals surface area contributed by atoms with Crippen LogP contribution in [0, 0.1) is 13.8 Å². The molecular weight excluding hydrogens is 294 g/mol. The first-order valence-corrected chi connectivity index (χ1v) is 8.08. The highest BCUT2D eigenvalue weighted by Crippen LogP contribution is 2.17. The summed E-state index contributed by atoms with van der Waals surface area (Å²) in [5.41, 5.74) is 0.962. The molecular formula is C12H19N5O3S. The number of nitrogens with one attached hydrogen (secondary N) is 3. The van der Waals surface area contributed by atoms with E-state index >= 15 is 0 Å². The van der Waals surface area contributed by atoms with Gasteiger partial charge in [-0.05, 0) is 20.4 Å². The van der Waals surface area contributed by atoms with Crippen molar-refractivity contribution in [1.82, 2.24) is 25.2 Å². The number of aromatic amines is 1. The van der Waals surface area contributed by atoms with Gasteiger partial charge in [-0.1, -0.05) is 6.92 Å². The van der Waals surface area contributed by atoms with Crippen LogP contribution >= 0.6 is 0 Å². The fraction of sp³-hybridized carbons (Fsp3) is 0.500. The molecule has 0 aliphatic carbocycles. The maximum Gasteiger partial charge on any atom is 0.244 e. The Labute approximate surface area is 123 Å². The SMILES string of the molecule is CCNCc1n[nH]c(C)c1S(=O)(=O)NCc1ncc(C)o1. The van der Waals surface area contributed by atoms with Crippen molar-refractivity contribution >= 4 is 10.0 Å². The zero-order valence-electron chi connectivity index (χ0n) is 12.2. The van der Waals surface area contributed by atoms with Gasteiger partial charge in [0.25, 0.3) is 0 Å². The fourth-order valence-electron chi connectivity index (χ4n) is 1.90. The molecule has 0 saturated heterocycles. The number of hydrogen-bond donors (Lipinski definition) is 3. The van der Waals surface area contributed by atoms with E-state index in [0.29, 0.717) is 29.6 Å². The van der Waals surface area contributed by atoms with E-state index in [0.717, 1.165) is 6.54 Å². The van der Waals surface area contributed by atoms with E-state index in [1.807, 2.05) is 6.92 Å². The number of aromatic nitrogens is 3. The number of sulfonamides is 1. The largest absolute Gasteiger partial charge is 0.445 e. The molecule has 0 fully saturated rings. The molecule has 0 spiro atoms. The molecule has 2 aromatic rings. The van der Waals surface area contributed by atoms with Crippen LogP contribution in [-0.2, 0) is 23.1 Å². The lowest BCUT2D eigenvalue weighted by molar-refractivity contribution is 0.463. The lowest BCUT2D eigenvalue weighted by Crippen LogP contribution is -2.25. The van der Waals surface area contributed by atoms with Gasteiger partial charge in [0.15, 0.2) is 0 Å². The van der Waals surface area contributed by atoms with Gasteiger partial charge in [0.2, 0.25) is 15.9 Å². The Bertz CT molecular complexity index is 704. The first kappa shape index (κ1) is 15.7. The number of rotatable bonds is 7. The summed E-state index contributed by atoms with van der Waals surface area (Å²) in [6.45, 7) is 6.48. The molecule has 0 atom stereocenters. The molecule has 0 radical (unpaired) electrons. The van der Waals surface area contributed by atoms with Gasteiger partial charge >= 0.3 is 0 Å². The summed E-state index contributed by atoms with van der Waals surface area (Å²) in [7, 11) is -3.68. The zero-order valence-corrected chi connectivity index (χ0v) is 13.0. The van der Waals surface area contributed by atoms with E-state index in [1.54, 1.807) is 20.0 Å². The van der Waals surface area contributed by atoms with Crippen molar-refractivity contribution in [1.29, 1.82) is 0 Å². The molecule has 8 nitrogen and oxygen atoms in total. The summed E-state index contributed by atoms with van der Waals surface area (Å²) in [6, 6.07) is 0.